The summed E-state index contributed by atoms with van der Waals surface area (Å²) in [5.74, 6) is 0.0914. The summed E-state index contributed by atoms with van der Waals surface area (Å²) >= 11 is 0. The summed E-state index contributed by atoms with van der Waals surface area (Å²) in [5, 5.41) is 2.97. The maximum Gasteiger partial charge on any atom is 0.248 e. The van der Waals surface area contributed by atoms with Crippen LogP contribution in [0.4, 0.5) is 0 Å². The molecule has 2 amide bonds. The van der Waals surface area contributed by atoms with Gasteiger partial charge in [-0.15, -0.1) is 0 Å². The number of nitrogens with zero attached hydrogens (tertiary/aromatic N) is 1. The number of hydrogen-bond acceptors (Lipinski definition) is 3. The SMILES string of the molecule is CCC1(CC)NC(=O)CCN(C2CCCC(OC)C2)C1=O. The van der Waals surface area contributed by atoms with Crippen LogP contribution in [-0.4, -0.2) is 48.1 Å². The second-order valence-corrected chi connectivity index (χ2v) is 6.26. The molecule has 1 heterocycles. The molecule has 0 aromatic rings. The lowest BCUT2D eigenvalue weighted by Gasteiger charge is -2.40. The molecule has 5 nitrogen and oxygen atoms in total. The first kappa shape index (κ1) is 16.3. The molecule has 2 fully saturated rings. The maximum absolute atomic E-state index is 13.0. The topological polar surface area (TPSA) is 58.6 Å². The molecule has 0 aromatic carbocycles. The molecular weight excluding hydrogens is 268 g/mol. The predicted molar refractivity (Wildman–Crippen MR) is 80.8 cm³/mol. The molecule has 1 aliphatic heterocycles. The van der Waals surface area contributed by atoms with Crippen LogP contribution in [0.25, 0.3) is 0 Å². The standard InChI is InChI=1S/C16H28N2O3/c1-4-16(5-2)15(20)18(10-9-14(19)17-16)12-7-6-8-13(11-12)21-3/h12-13H,4-11H2,1-3H3,(H,17,19). The molecule has 21 heavy (non-hydrogen) atoms. The number of carbonyl (C=O) groups excluding carboxylic acids is 2. The third kappa shape index (κ3) is 3.23. The van der Waals surface area contributed by atoms with Gasteiger partial charge in [0, 0.05) is 26.1 Å². The van der Waals surface area contributed by atoms with Gasteiger partial charge in [-0.1, -0.05) is 13.8 Å². The molecule has 0 aromatic heterocycles. The Morgan fingerprint density at radius 3 is 2.62 bits per heavy atom. The molecule has 5 heteroatoms. The van der Waals surface area contributed by atoms with Crippen LogP contribution >= 0.6 is 0 Å². The highest BCUT2D eigenvalue weighted by Crippen LogP contribution is 2.30. The van der Waals surface area contributed by atoms with Crippen molar-refractivity contribution < 1.29 is 14.3 Å². The molecule has 120 valence electrons. The lowest BCUT2D eigenvalue weighted by molar-refractivity contribution is -0.142. The van der Waals surface area contributed by atoms with Crippen LogP contribution in [0.3, 0.4) is 0 Å². The van der Waals surface area contributed by atoms with Gasteiger partial charge in [0.05, 0.1) is 6.10 Å². The molecule has 2 unspecified atom stereocenters. The molecule has 2 atom stereocenters. The summed E-state index contributed by atoms with van der Waals surface area (Å²) < 4.78 is 5.48. The van der Waals surface area contributed by atoms with Crippen molar-refractivity contribution in [2.24, 2.45) is 0 Å². The summed E-state index contributed by atoms with van der Waals surface area (Å²) in [6, 6.07) is 0.210. The molecule has 1 saturated carbocycles. The minimum Gasteiger partial charge on any atom is -0.381 e. The Hall–Kier alpha value is -1.10. The van der Waals surface area contributed by atoms with Crippen LogP contribution in [0, 0.1) is 0 Å². The van der Waals surface area contributed by atoms with Gasteiger partial charge in [0.15, 0.2) is 0 Å². The van der Waals surface area contributed by atoms with Crippen LogP contribution in [0.1, 0.15) is 58.8 Å². The number of hydrogen-bond donors (Lipinski definition) is 1. The monoisotopic (exact) mass is 296 g/mol. The molecule has 0 radical (unpaired) electrons. The molecule has 2 rings (SSSR count). The molecule has 1 N–H and O–H groups in total. The van der Waals surface area contributed by atoms with Crippen molar-refractivity contribution in [2.75, 3.05) is 13.7 Å². The fourth-order valence-corrected chi connectivity index (χ4v) is 3.68. The largest absolute Gasteiger partial charge is 0.381 e. The fraction of sp³-hybridized carbons (Fsp3) is 0.875. The average Bonchev–Trinajstić information content (AvgIpc) is 2.64. The number of methoxy groups -OCH3 is 1. The van der Waals surface area contributed by atoms with Crippen molar-refractivity contribution in [1.82, 2.24) is 10.2 Å². The van der Waals surface area contributed by atoms with E-state index in [1.807, 2.05) is 18.7 Å². The summed E-state index contributed by atoms with van der Waals surface area (Å²) in [4.78, 5) is 27.0. The number of nitrogens with one attached hydrogen (secondary N) is 1. The van der Waals surface area contributed by atoms with E-state index in [4.69, 9.17) is 4.74 Å². The van der Waals surface area contributed by atoms with E-state index in [1.165, 1.54) is 0 Å². The van der Waals surface area contributed by atoms with Crippen LogP contribution < -0.4 is 5.32 Å². The zero-order chi connectivity index (χ0) is 15.5. The third-order valence-corrected chi connectivity index (χ3v) is 5.21. The van der Waals surface area contributed by atoms with Gasteiger partial charge in [0.25, 0.3) is 0 Å². The molecule has 1 aliphatic carbocycles. The van der Waals surface area contributed by atoms with E-state index in [2.05, 4.69) is 5.32 Å². The van der Waals surface area contributed by atoms with Gasteiger partial charge >= 0.3 is 0 Å². The van der Waals surface area contributed by atoms with Gasteiger partial charge in [-0.25, -0.2) is 0 Å². The molecular formula is C16H28N2O3. The first-order chi connectivity index (χ1) is 10.1. The average molecular weight is 296 g/mol. The highest BCUT2D eigenvalue weighted by Gasteiger charge is 2.44. The van der Waals surface area contributed by atoms with Gasteiger partial charge in [-0.05, 0) is 38.5 Å². The minimum atomic E-state index is -0.715. The van der Waals surface area contributed by atoms with Crippen LogP contribution in [-0.2, 0) is 14.3 Å². The van der Waals surface area contributed by atoms with Gasteiger partial charge in [0.1, 0.15) is 5.54 Å². The first-order valence-electron chi connectivity index (χ1n) is 8.21. The maximum atomic E-state index is 13.0. The zero-order valence-corrected chi connectivity index (χ0v) is 13.5. The van der Waals surface area contributed by atoms with Gasteiger partial charge in [-0.3, -0.25) is 9.59 Å². The van der Waals surface area contributed by atoms with Crippen LogP contribution in [0.15, 0.2) is 0 Å². The second-order valence-electron chi connectivity index (χ2n) is 6.26. The number of amides is 2. The lowest BCUT2D eigenvalue weighted by atomic mass is 9.87. The van der Waals surface area contributed by atoms with Gasteiger partial charge in [-0.2, -0.15) is 0 Å². The van der Waals surface area contributed by atoms with Gasteiger partial charge in [0.2, 0.25) is 11.8 Å². The highest BCUT2D eigenvalue weighted by molar-refractivity contribution is 5.93. The van der Waals surface area contributed by atoms with E-state index in [0.717, 1.165) is 25.7 Å². The number of ether oxygens (including phenoxy) is 1. The fourth-order valence-electron chi connectivity index (χ4n) is 3.68. The Bertz CT molecular complexity index is 393. The Morgan fingerprint density at radius 2 is 2.00 bits per heavy atom. The van der Waals surface area contributed by atoms with Crippen LogP contribution in [0.5, 0.6) is 0 Å². The van der Waals surface area contributed by atoms with E-state index in [-0.39, 0.29) is 24.0 Å². The van der Waals surface area contributed by atoms with Crippen molar-refractivity contribution in [3.63, 3.8) is 0 Å². The molecule has 1 saturated heterocycles. The Morgan fingerprint density at radius 1 is 1.29 bits per heavy atom. The van der Waals surface area contributed by atoms with E-state index in [0.29, 0.717) is 25.8 Å². The summed E-state index contributed by atoms with van der Waals surface area (Å²) in [6.07, 6.45) is 5.99. The highest BCUT2D eigenvalue weighted by atomic mass is 16.5. The first-order valence-corrected chi connectivity index (χ1v) is 8.21. The van der Waals surface area contributed by atoms with E-state index in [1.54, 1.807) is 7.11 Å². The summed E-state index contributed by atoms with van der Waals surface area (Å²) in [7, 11) is 1.74. The predicted octanol–water partition coefficient (Wildman–Crippen LogP) is 1.85. The van der Waals surface area contributed by atoms with Crippen LogP contribution in [0.2, 0.25) is 0 Å². The summed E-state index contributed by atoms with van der Waals surface area (Å²) in [5.41, 5.74) is -0.715. The molecule has 0 bridgehead atoms. The Labute approximate surface area is 127 Å². The van der Waals surface area contributed by atoms with Crippen molar-refractivity contribution in [1.29, 1.82) is 0 Å². The van der Waals surface area contributed by atoms with Crippen molar-refractivity contribution in [2.45, 2.75) is 76.5 Å². The van der Waals surface area contributed by atoms with Crippen molar-refractivity contribution in [3.05, 3.63) is 0 Å². The van der Waals surface area contributed by atoms with Gasteiger partial charge < -0.3 is 15.0 Å². The number of carbonyl (C=O) groups is 2. The van der Waals surface area contributed by atoms with Crippen molar-refractivity contribution in [3.8, 4) is 0 Å². The smallest absolute Gasteiger partial charge is 0.248 e. The quantitative estimate of drug-likeness (QED) is 0.861. The molecule has 0 spiro atoms. The molecule has 2 aliphatic rings. The number of rotatable bonds is 4. The Kier molecular flexibility index (Phi) is 5.25. The second kappa shape index (κ2) is 6.77. The third-order valence-electron chi connectivity index (χ3n) is 5.21. The lowest BCUT2D eigenvalue weighted by Crippen LogP contribution is -2.58. The normalized spacial score (nSPS) is 30.0. The zero-order valence-electron chi connectivity index (χ0n) is 13.5. The summed E-state index contributed by atoms with van der Waals surface area (Å²) in [6.45, 7) is 4.49. The van der Waals surface area contributed by atoms with E-state index in [9.17, 15) is 9.59 Å². The van der Waals surface area contributed by atoms with E-state index >= 15 is 0 Å². The minimum absolute atomic E-state index is 0.00588. The Balaban J connectivity index is 2.21. The van der Waals surface area contributed by atoms with Crippen molar-refractivity contribution >= 4 is 11.8 Å². The van der Waals surface area contributed by atoms with E-state index < -0.39 is 5.54 Å².